The van der Waals surface area contributed by atoms with Gasteiger partial charge in [0.2, 0.25) is 0 Å². The van der Waals surface area contributed by atoms with Crippen LogP contribution in [0.1, 0.15) is 23.7 Å². The average Bonchev–Trinajstić information content (AvgIpc) is 2.74. The SMILES string of the molecule is OC[C@@H]1C[C@H](O)[C@H](O)C(c2ccc(OCc3cccc4cccnc34)cc2)O1. The van der Waals surface area contributed by atoms with Gasteiger partial charge in [0.05, 0.1) is 24.3 Å². The first-order valence-electron chi connectivity index (χ1n) is 9.33. The molecule has 1 aliphatic rings. The van der Waals surface area contributed by atoms with E-state index >= 15 is 0 Å². The second-order valence-corrected chi connectivity index (χ2v) is 7.00. The number of benzene rings is 2. The van der Waals surface area contributed by atoms with E-state index in [1.165, 1.54) is 0 Å². The maximum atomic E-state index is 10.2. The molecule has 4 atom stereocenters. The summed E-state index contributed by atoms with van der Waals surface area (Å²) in [7, 11) is 0. The topological polar surface area (TPSA) is 92.0 Å². The Balaban J connectivity index is 1.46. The lowest BCUT2D eigenvalue weighted by atomic mass is 9.93. The van der Waals surface area contributed by atoms with Gasteiger partial charge >= 0.3 is 0 Å². The lowest BCUT2D eigenvalue weighted by molar-refractivity contribution is -0.179. The molecular formula is C22H23NO5. The summed E-state index contributed by atoms with van der Waals surface area (Å²) < 4.78 is 11.6. The molecule has 1 fully saturated rings. The number of ether oxygens (including phenoxy) is 2. The van der Waals surface area contributed by atoms with E-state index in [0.29, 0.717) is 12.4 Å². The Morgan fingerprint density at radius 1 is 1.04 bits per heavy atom. The maximum Gasteiger partial charge on any atom is 0.119 e. The van der Waals surface area contributed by atoms with Crippen LogP contribution in [0, 0.1) is 0 Å². The fraction of sp³-hybridized carbons (Fsp3) is 0.318. The number of hydrogen-bond donors (Lipinski definition) is 3. The summed E-state index contributed by atoms with van der Waals surface area (Å²) in [4.78, 5) is 4.43. The van der Waals surface area contributed by atoms with Gasteiger partial charge in [0.25, 0.3) is 0 Å². The highest BCUT2D eigenvalue weighted by Crippen LogP contribution is 2.32. The number of pyridine rings is 1. The second-order valence-electron chi connectivity index (χ2n) is 7.00. The van der Waals surface area contributed by atoms with Crippen LogP contribution in [0.25, 0.3) is 10.9 Å². The Morgan fingerprint density at radius 3 is 2.61 bits per heavy atom. The van der Waals surface area contributed by atoms with Gasteiger partial charge in [-0.25, -0.2) is 0 Å². The lowest BCUT2D eigenvalue weighted by Crippen LogP contribution is -2.44. The van der Waals surface area contributed by atoms with Gasteiger partial charge in [-0.3, -0.25) is 4.98 Å². The first kappa shape index (κ1) is 18.8. The molecular weight excluding hydrogens is 358 g/mol. The van der Waals surface area contributed by atoms with Crippen LogP contribution in [0.4, 0.5) is 0 Å². The highest BCUT2D eigenvalue weighted by atomic mass is 16.5. The molecule has 6 nitrogen and oxygen atoms in total. The molecule has 2 aromatic carbocycles. The van der Waals surface area contributed by atoms with Crippen molar-refractivity contribution >= 4 is 10.9 Å². The van der Waals surface area contributed by atoms with Gasteiger partial charge in [-0.05, 0) is 23.8 Å². The van der Waals surface area contributed by atoms with Crippen molar-refractivity contribution in [2.45, 2.75) is 37.4 Å². The Kier molecular flexibility index (Phi) is 5.54. The van der Waals surface area contributed by atoms with Crippen LogP contribution in [-0.4, -0.2) is 45.2 Å². The molecule has 3 N–H and O–H groups in total. The molecule has 0 saturated carbocycles. The molecule has 28 heavy (non-hydrogen) atoms. The molecule has 146 valence electrons. The summed E-state index contributed by atoms with van der Waals surface area (Å²) in [6.45, 7) is 0.197. The molecule has 1 aliphatic heterocycles. The molecule has 3 aromatic rings. The fourth-order valence-electron chi connectivity index (χ4n) is 3.55. The van der Waals surface area contributed by atoms with Crippen LogP contribution in [-0.2, 0) is 11.3 Å². The minimum Gasteiger partial charge on any atom is -0.489 e. The highest BCUT2D eigenvalue weighted by molar-refractivity contribution is 5.81. The van der Waals surface area contributed by atoms with Gasteiger partial charge in [0, 0.05) is 23.6 Å². The van der Waals surface area contributed by atoms with Gasteiger partial charge in [0.15, 0.2) is 0 Å². The molecule has 0 aliphatic carbocycles. The summed E-state index contributed by atoms with van der Waals surface area (Å²) in [6.07, 6.45) is -1.14. The third kappa shape index (κ3) is 3.86. The number of para-hydroxylation sites is 1. The number of aromatic nitrogens is 1. The molecule has 6 heteroatoms. The number of nitrogens with zero attached hydrogens (tertiary/aromatic N) is 1. The predicted octanol–water partition coefficient (Wildman–Crippen LogP) is 2.36. The van der Waals surface area contributed by atoms with Gasteiger partial charge in [-0.1, -0.05) is 36.4 Å². The van der Waals surface area contributed by atoms with Gasteiger partial charge in [-0.15, -0.1) is 0 Å². The minimum atomic E-state index is -1.03. The van der Waals surface area contributed by atoms with E-state index < -0.39 is 24.4 Å². The number of rotatable bonds is 5. The van der Waals surface area contributed by atoms with Crippen molar-refractivity contribution in [3.63, 3.8) is 0 Å². The van der Waals surface area contributed by atoms with E-state index in [0.717, 1.165) is 22.0 Å². The van der Waals surface area contributed by atoms with Crippen molar-refractivity contribution in [1.82, 2.24) is 4.98 Å². The maximum absolute atomic E-state index is 10.2. The smallest absolute Gasteiger partial charge is 0.119 e. The van der Waals surface area contributed by atoms with Crippen molar-refractivity contribution in [3.8, 4) is 5.75 Å². The van der Waals surface area contributed by atoms with E-state index in [1.807, 2.05) is 30.3 Å². The molecule has 0 bridgehead atoms. The monoisotopic (exact) mass is 381 g/mol. The summed E-state index contributed by atoms with van der Waals surface area (Å²) in [6, 6.07) is 17.1. The molecule has 1 aromatic heterocycles. The predicted molar refractivity (Wildman–Crippen MR) is 104 cm³/mol. The molecule has 0 spiro atoms. The van der Waals surface area contributed by atoms with Gasteiger partial charge in [-0.2, -0.15) is 0 Å². The molecule has 1 saturated heterocycles. The van der Waals surface area contributed by atoms with Crippen molar-refractivity contribution in [2.75, 3.05) is 6.61 Å². The van der Waals surface area contributed by atoms with Crippen molar-refractivity contribution in [1.29, 1.82) is 0 Å². The Morgan fingerprint density at radius 2 is 1.82 bits per heavy atom. The Bertz CT molecular complexity index is 924. The lowest BCUT2D eigenvalue weighted by Gasteiger charge is -2.36. The summed E-state index contributed by atoms with van der Waals surface area (Å²) in [5.74, 6) is 0.682. The third-order valence-electron chi connectivity index (χ3n) is 5.07. The van der Waals surface area contributed by atoms with Gasteiger partial charge in [0.1, 0.15) is 24.6 Å². The molecule has 4 rings (SSSR count). The first-order valence-corrected chi connectivity index (χ1v) is 9.33. The Hall–Kier alpha value is -2.51. The van der Waals surface area contributed by atoms with Crippen LogP contribution in [0.15, 0.2) is 60.8 Å². The van der Waals surface area contributed by atoms with Crippen LogP contribution >= 0.6 is 0 Å². The fourth-order valence-corrected chi connectivity index (χ4v) is 3.55. The van der Waals surface area contributed by atoms with E-state index in [1.54, 1.807) is 30.5 Å². The van der Waals surface area contributed by atoms with Crippen molar-refractivity contribution in [2.24, 2.45) is 0 Å². The number of aliphatic hydroxyl groups excluding tert-OH is 3. The molecule has 0 amide bonds. The van der Waals surface area contributed by atoms with E-state index in [2.05, 4.69) is 4.98 Å². The largest absolute Gasteiger partial charge is 0.489 e. The van der Waals surface area contributed by atoms with E-state index in [9.17, 15) is 15.3 Å². The highest BCUT2D eigenvalue weighted by Gasteiger charge is 2.37. The van der Waals surface area contributed by atoms with E-state index in [-0.39, 0.29) is 13.0 Å². The zero-order chi connectivity index (χ0) is 19.5. The zero-order valence-electron chi connectivity index (χ0n) is 15.3. The van der Waals surface area contributed by atoms with Crippen LogP contribution < -0.4 is 4.74 Å². The summed E-state index contributed by atoms with van der Waals surface area (Å²) in [5, 5.41) is 30.6. The van der Waals surface area contributed by atoms with Crippen LogP contribution in [0.5, 0.6) is 5.75 Å². The molecule has 0 radical (unpaired) electrons. The normalized spacial score (nSPS) is 25.0. The first-order chi connectivity index (χ1) is 13.7. The molecule has 2 heterocycles. The zero-order valence-corrected chi connectivity index (χ0v) is 15.3. The van der Waals surface area contributed by atoms with Crippen molar-refractivity contribution in [3.05, 3.63) is 71.9 Å². The van der Waals surface area contributed by atoms with E-state index in [4.69, 9.17) is 9.47 Å². The number of hydrogen-bond acceptors (Lipinski definition) is 6. The quantitative estimate of drug-likeness (QED) is 0.628. The average molecular weight is 381 g/mol. The van der Waals surface area contributed by atoms with Crippen LogP contribution in [0.2, 0.25) is 0 Å². The van der Waals surface area contributed by atoms with Crippen molar-refractivity contribution < 1.29 is 24.8 Å². The second kappa shape index (κ2) is 8.24. The number of aliphatic hydroxyl groups is 3. The minimum absolute atomic E-state index is 0.194. The Labute approximate surface area is 163 Å². The standard InChI is InChI=1S/C22H23NO5/c24-12-18-11-19(25)21(26)22(28-18)15-6-8-17(9-7-15)27-13-16-4-1-3-14-5-2-10-23-20(14)16/h1-10,18-19,21-22,24-26H,11-13H2/t18-,19-,21-,22?/m0/s1. The van der Waals surface area contributed by atoms with Gasteiger partial charge < -0.3 is 24.8 Å². The summed E-state index contributed by atoms with van der Waals surface area (Å²) in [5.41, 5.74) is 2.65. The van der Waals surface area contributed by atoms with Crippen LogP contribution in [0.3, 0.4) is 0 Å². The summed E-state index contributed by atoms with van der Waals surface area (Å²) >= 11 is 0. The molecule has 1 unspecified atom stereocenters. The number of fused-ring (bicyclic) bond motifs is 1. The third-order valence-corrected chi connectivity index (χ3v) is 5.07.